The number of benzene rings is 2. The lowest BCUT2D eigenvalue weighted by Gasteiger charge is -2.16. The van der Waals surface area contributed by atoms with Gasteiger partial charge < -0.3 is 9.47 Å². The van der Waals surface area contributed by atoms with Gasteiger partial charge in [0.25, 0.3) is 0 Å². The Bertz CT molecular complexity index is 826. The predicted molar refractivity (Wildman–Crippen MR) is 103 cm³/mol. The van der Waals surface area contributed by atoms with Gasteiger partial charge in [0.1, 0.15) is 22.6 Å². The molecular formula is C21H20Cl2O3. The topological polar surface area (TPSA) is 35.5 Å². The van der Waals surface area contributed by atoms with Crippen LogP contribution in [-0.2, 0) is 16.1 Å². The van der Waals surface area contributed by atoms with E-state index in [1.807, 2.05) is 68.4 Å². The van der Waals surface area contributed by atoms with Crippen molar-refractivity contribution in [2.75, 3.05) is 0 Å². The highest BCUT2D eigenvalue weighted by Crippen LogP contribution is 2.65. The zero-order valence-electron chi connectivity index (χ0n) is 14.7. The number of esters is 1. The van der Waals surface area contributed by atoms with E-state index in [2.05, 4.69) is 0 Å². The summed E-state index contributed by atoms with van der Waals surface area (Å²) in [6, 6.07) is 17.0. The zero-order chi connectivity index (χ0) is 18.8. The highest BCUT2D eigenvalue weighted by Gasteiger charge is 2.66. The summed E-state index contributed by atoms with van der Waals surface area (Å²) in [4.78, 5) is 12.6. The number of rotatable bonds is 6. The number of ether oxygens (including phenoxy) is 2. The van der Waals surface area contributed by atoms with Crippen molar-refractivity contribution in [1.82, 2.24) is 0 Å². The van der Waals surface area contributed by atoms with Crippen LogP contribution in [0.15, 0.2) is 65.2 Å². The second-order valence-electron chi connectivity index (χ2n) is 7.10. The van der Waals surface area contributed by atoms with Crippen LogP contribution in [0, 0.1) is 10.8 Å². The molecule has 1 atom stereocenters. The van der Waals surface area contributed by atoms with Crippen LogP contribution in [0.4, 0.5) is 0 Å². The normalized spacial score (nSPS) is 20.2. The third-order valence-corrected chi connectivity index (χ3v) is 4.99. The van der Waals surface area contributed by atoms with Crippen LogP contribution < -0.4 is 4.74 Å². The van der Waals surface area contributed by atoms with E-state index in [1.54, 1.807) is 6.08 Å². The molecule has 26 heavy (non-hydrogen) atoms. The molecule has 1 fully saturated rings. The van der Waals surface area contributed by atoms with Crippen molar-refractivity contribution < 1.29 is 14.3 Å². The fourth-order valence-electron chi connectivity index (χ4n) is 3.09. The van der Waals surface area contributed by atoms with Gasteiger partial charge in [0.15, 0.2) is 0 Å². The number of carbonyl (C=O) groups is 1. The van der Waals surface area contributed by atoms with E-state index < -0.39 is 5.41 Å². The van der Waals surface area contributed by atoms with Crippen LogP contribution in [0.2, 0.25) is 0 Å². The van der Waals surface area contributed by atoms with Crippen LogP contribution in [0.1, 0.15) is 25.8 Å². The van der Waals surface area contributed by atoms with E-state index in [-0.39, 0.29) is 22.5 Å². The van der Waals surface area contributed by atoms with Crippen molar-refractivity contribution in [1.29, 1.82) is 0 Å². The molecule has 0 saturated heterocycles. The Balaban J connectivity index is 1.66. The van der Waals surface area contributed by atoms with E-state index in [1.165, 1.54) is 0 Å². The van der Waals surface area contributed by atoms with Crippen LogP contribution in [0.5, 0.6) is 11.5 Å². The summed E-state index contributed by atoms with van der Waals surface area (Å²) in [7, 11) is 0. The summed E-state index contributed by atoms with van der Waals surface area (Å²) >= 11 is 11.6. The first-order chi connectivity index (χ1) is 12.3. The summed E-state index contributed by atoms with van der Waals surface area (Å²) in [5.41, 5.74) is -0.109. The second-order valence-corrected chi connectivity index (χ2v) is 8.11. The fraction of sp³-hybridized carbons (Fsp3) is 0.286. The highest BCUT2D eigenvalue weighted by molar-refractivity contribution is 6.56. The molecule has 0 spiro atoms. The lowest BCUT2D eigenvalue weighted by atomic mass is 9.96. The standard InChI is InChI=1S/C21H20Cl2O3/c1-20(2)14-21(20,12-18(22)23)19(24)25-13-15-7-6-10-17(11-15)26-16-8-4-3-5-9-16/h3-12H,13-14H2,1-2H3. The zero-order valence-corrected chi connectivity index (χ0v) is 16.2. The number of halogens is 2. The average Bonchev–Trinajstić information content (AvgIpc) is 3.15. The molecule has 0 heterocycles. The maximum atomic E-state index is 12.6. The summed E-state index contributed by atoms with van der Waals surface area (Å²) in [5.74, 6) is 1.13. The molecule has 0 bridgehead atoms. The summed E-state index contributed by atoms with van der Waals surface area (Å²) in [5, 5.41) is 0. The molecule has 3 nitrogen and oxygen atoms in total. The van der Waals surface area contributed by atoms with Crippen molar-refractivity contribution >= 4 is 29.2 Å². The van der Waals surface area contributed by atoms with Gasteiger partial charge in [-0.15, -0.1) is 0 Å². The SMILES string of the molecule is CC1(C)CC1(C=C(Cl)Cl)C(=O)OCc1cccc(Oc2ccccc2)c1. The van der Waals surface area contributed by atoms with E-state index in [0.29, 0.717) is 12.2 Å². The van der Waals surface area contributed by atoms with Gasteiger partial charge in [0.2, 0.25) is 0 Å². The van der Waals surface area contributed by atoms with Gasteiger partial charge in [0.05, 0.1) is 5.41 Å². The number of carbonyl (C=O) groups excluding carboxylic acids is 1. The fourth-order valence-corrected chi connectivity index (χ4v) is 3.47. The maximum absolute atomic E-state index is 12.6. The van der Waals surface area contributed by atoms with Crippen LogP contribution in [0.3, 0.4) is 0 Å². The largest absolute Gasteiger partial charge is 0.460 e. The van der Waals surface area contributed by atoms with Crippen molar-refractivity contribution in [3.63, 3.8) is 0 Å². The van der Waals surface area contributed by atoms with Crippen LogP contribution in [0.25, 0.3) is 0 Å². The molecule has 1 saturated carbocycles. The van der Waals surface area contributed by atoms with Gasteiger partial charge in [0, 0.05) is 0 Å². The number of para-hydroxylation sites is 1. The van der Waals surface area contributed by atoms with E-state index in [0.717, 1.165) is 11.3 Å². The van der Waals surface area contributed by atoms with Crippen molar-refractivity contribution in [3.8, 4) is 11.5 Å². The minimum absolute atomic E-state index is 0.0887. The molecule has 5 heteroatoms. The van der Waals surface area contributed by atoms with Gasteiger partial charge in [-0.3, -0.25) is 4.79 Å². The van der Waals surface area contributed by atoms with E-state index in [9.17, 15) is 4.79 Å². The van der Waals surface area contributed by atoms with Gasteiger partial charge in [-0.25, -0.2) is 0 Å². The van der Waals surface area contributed by atoms with E-state index >= 15 is 0 Å². The van der Waals surface area contributed by atoms with Gasteiger partial charge in [-0.05, 0) is 47.7 Å². The second kappa shape index (κ2) is 7.34. The molecule has 1 aliphatic carbocycles. The lowest BCUT2D eigenvalue weighted by Crippen LogP contribution is -2.22. The molecule has 0 N–H and O–H groups in total. The number of hydrogen-bond acceptors (Lipinski definition) is 3. The molecule has 0 radical (unpaired) electrons. The Hall–Kier alpha value is -1.97. The molecule has 1 unspecified atom stereocenters. The van der Waals surface area contributed by atoms with Crippen LogP contribution >= 0.6 is 23.2 Å². The summed E-state index contributed by atoms with van der Waals surface area (Å²) < 4.78 is 11.4. The lowest BCUT2D eigenvalue weighted by molar-refractivity contribution is -0.150. The first-order valence-corrected chi connectivity index (χ1v) is 9.11. The Morgan fingerprint density at radius 3 is 2.35 bits per heavy atom. The Morgan fingerprint density at radius 1 is 1.08 bits per heavy atom. The number of hydrogen-bond donors (Lipinski definition) is 0. The van der Waals surface area contributed by atoms with Crippen LogP contribution in [-0.4, -0.2) is 5.97 Å². The van der Waals surface area contributed by atoms with Crippen molar-refractivity contribution in [2.24, 2.45) is 10.8 Å². The van der Waals surface area contributed by atoms with Gasteiger partial charge in [-0.1, -0.05) is 67.4 Å². The highest BCUT2D eigenvalue weighted by atomic mass is 35.5. The Morgan fingerprint density at radius 2 is 1.73 bits per heavy atom. The Kier molecular flexibility index (Phi) is 5.31. The van der Waals surface area contributed by atoms with Gasteiger partial charge in [-0.2, -0.15) is 0 Å². The monoisotopic (exact) mass is 390 g/mol. The molecule has 0 aromatic heterocycles. The quantitative estimate of drug-likeness (QED) is 0.546. The predicted octanol–water partition coefficient (Wildman–Crippen LogP) is 6.26. The molecule has 3 rings (SSSR count). The van der Waals surface area contributed by atoms with E-state index in [4.69, 9.17) is 32.7 Å². The third kappa shape index (κ3) is 4.05. The molecule has 0 aliphatic heterocycles. The summed E-state index contributed by atoms with van der Waals surface area (Å²) in [6.45, 7) is 4.15. The third-order valence-electron chi connectivity index (χ3n) is 4.77. The summed E-state index contributed by atoms with van der Waals surface area (Å²) in [6.07, 6.45) is 2.26. The minimum atomic E-state index is -0.746. The molecule has 136 valence electrons. The molecule has 0 amide bonds. The van der Waals surface area contributed by atoms with Gasteiger partial charge >= 0.3 is 5.97 Å². The maximum Gasteiger partial charge on any atom is 0.316 e. The van der Waals surface area contributed by atoms with Crippen molar-refractivity contribution in [2.45, 2.75) is 26.9 Å². The first-order valence-electron chi connectivity index (χ1n) is 8.35. The molecule has 1 aliphatic rings. The molecule has 2 aromatic carbocycles. The van der Waals surface area contributed by atoms with Crippen molar-refractivity contribution in [3.05, 3.63) is 70.7 Å². The minimum Gasteiger partial charge on any atom is -0.460 e. The smallest absolute Gasteiger partial charge is 0.316 e. The molecular weight excluding hydrogens is 371 g/mol. The Labute approximate surface area is 163 Å². The molecule has 2 aromatic rings. The average molecular weight is 391 g/mol. The first kappa shape index (κ1) is 18.8.